The van der Waals surface area contributed by atoms with E-state index in [1.54, 1.807) is 0 Å². The van der Waals surface area contributed by atoms with Crippen molar-refractivity contribution in [2.45, 2.75) is 33.2 Å². The van der Waals surface area contributed by atoms with Crippen molar-refractivity contribution < 1.29 is 0 Å². The topological polar surface area (TPSA) is 41.1 Å². The molecule has 0 aromatic carbocycles. The van der Waals surface area contributed by atoms with Crippen molar-refractivity contribution in [1.29, 1.82) is 0 Å². The lowest BCUT2D eigenvalue weighted by Crippen LogP contribution is -2.30. The van der Waals surface area contributed by atoms with E-state index in [-0.39, 0.29) is 0 Å². The lowest BCUT2D eigenvalue weighted by atomic mass is 10.2. The summed E-state index contributed by atoms with van der Waals surface area (Å²) >= 11 is 1.89. The fourth-order valence-corrected chi connectivity index (χ4v) is 2.25. The molecule has 0 bridgehead atoms. The first kappa shape index (κ1) is 15.1. The SMILES string of the molecule is CCNc1nc(C)cc(N(C)C(C)CCSC)n1. The summed E-state index contributed by atoms with van der Waals surface area (Å²) in [7, 11) is 2.10. The van der Waals surface area contributed by atoms with E-state index in [0.29, 0.717) is 6.04 Å². The number of thioether (sulfide) groups is 1. The second kappa shape index (κ2) is 7.46. The van der Waals surface area contributed by atoms with Gasteiger partial charge in [-0.1, -0.05) is 0 Å². The van der Waals surface area contributed by atoms with Crippen LogP contribution in [0.1, 0.15) is 26.0 Å². The summed E-state index contributed by atoms with van der Waals surface area (Å²) in [5.41, 5.74) is 1.000. The molecule has 0 aliphatic heterocycles. The van der Waals surface area contributed by atoms with Crippen LogP contribution >= 0.6 is 11.8 Å². The Bertz CT molecular complexity index is 370. The zero-order valence-corrected chi connectivity index (χ0v) is 12.8. The van der Waals surface area contributed by atoms with Crippen molar-refractivity contribution in [3.8, 4) is 0 Å². The predicted octanol–water partition coefficient (Wildman–Crippen LogP) is 2.79. The van der Waals surface area contributed by atoms with Crippen molar-refractivity contribution in [3.05, 3.63) is 11.8 Å². The van der Waals surface area contributed by atoms with Crippen LogP contribution in [0.25, 0.3) is 0 Å². The normalized spacial score (nSPS) is 12.3. The van der Waals surface area contributed by atoms with Crippen molar-refractivity contribution in [1.82, 2.24) is 9.97 Å². The first-order valence-corrected chi connectivity index (χ1v) is 7.79. The van der Waals surface area contributed by atoms with E-state index in [4.69, 9.17) is 0 Å². The molecule has 18 heavy (non-hydrogen) atoms. The van der Waals surface area contributed by atoms with E-state index in [9.17, 15) is 0 Å². The van der Waals surface area contributed by atoms with Crippen LogP contribution in [0.15, 0.2) is 6.07 Å². The van der Waals surface area contributed by atoms with Crippen LogP contribution in [0.4, 0.5) is 11.8 Å². The van der Waals surface area contributed by atoms with Gasteiger partial charge in [-0.25, -0.2) is 4.98 Å². The smallest absolute Gasteiger partial charge is 0.224 e. The number of hydrogen-bond acceptors (Lipinski definition) is 5. The molecule has 0 aliphatic rings. The first-order chi connectivity index (χ1) is 8.58. The van der Waals surface area contributed by atoms with Crippen LogP contribution in [0.5, 0.6) is 0 Å². The molecule has 4 nitrogen and oxygen atoms in total. The van der Waals surface area contributed by atoms with Crippen molar-refractivity contribution in [2.75, 3.05) is 35.8 Å². The zero-order chi connectivity index (χ0) is 13.5. The van der Waals surface area contributed by atoms with Gasteiger partial charge in [-0.2, -0.15) is 16.7 Å². The Hall–Kier alpha value is -0.970. The number of rotatable bonds is 7. The monoisotopic (exact) mass is 268 g/mol. The van der Waals surface area contributed by atoms with Gasteiger partial charge in [0, 0.05) is 31.4 Å². The number of aryl methyl sites for hydroxylation is 1. The molecule has 5 heteroatoms. The van der Waals surface area contributed by atoms with Crippen molar-refractivity contribution >= 4 is 23.5 Å². The average molecular weight is 268 g/mol. The molecule has 1 unspecified atom stereocenters. The third-order valence-corrected chi connectivity index (χ3v) is 3.58. The number of nitrogens with zero attached hydrogens (tertiary/aromatic N) is 3. The van der Waals surface area contributed by atoms with Gasteiger partial charge in [0.25, 0.3) is 0 Å². The lowest BCUT2D eigenvalue weighted by molar-refractivity contribution is 0.661. The molecule has 0 amide bonds. The molecule has 1 atom stereocenters. The third-order valence-electron chi connectivity index (χ3n) is 2.94. The van der Waals surface area contributed by atoms with Gasteiger partial charge in [-0.05, 0) is 39.2 Å². The van der Waals surface area contributed by atoms with E-state index in [2.05, 4.69) is 47.3 Å². The molecule has 1 heterocycles. The van der Waals surface area contributed by atoms with E-state index in [0.717, 1.165) is 30.4 Å². The maximum absolute atomic E-state index is 4.55. The summed E-state index contributed by atoms with van der Waals surface area (Å²) in [5.74, 6) is 2.89. The fraction of sp³-hybridized carbons (Fsp3) is 0.692. The molecular formula is C13H24N4S. The van der Waals surface area contributed by atoms with Gasteiger partial charge in [0.05, 0.1) is 0 Å². The van der Waals surface area contributed by atoms with Crippen LogP contribution in [0, 0.1) is 6.92 Å². The number of anilines is 2. The van der Waals surface area contributed by atoms with E-state index < -0.39 is 0 Å². The molecule has 0 saturated carbocycles. The Kier molecular flexibility index (Phi) is 6.25. The fourth-order valence-electron chi connectivity index (χ4n) is 1.68. The third kappa shape index (κ3) is 4.37. The van der Waals surface area contributed by atoms with Gasteiger partial charge in [-0.3, -0.25) is 0 Å². The summed E-state index contributed by atoms with van der Waals surface area (Å²) < 4.78 is 0. The van der Waals surface area contributed by atoms with Gasteiger partial charge in [-0.15, -0.1) is 0 Å². The molecule has 0 aliphatic carbocycles. The Morgan fingerprint density at radius 1 is 1.44 bits per heavy atom. The molecule has 0 radical (unpaired) electrons. The van der Waals surface area contributed by atoms with Crippen molar-refractivity contribution in [3.63, 3.8) is 0 Å². The second-order valence-electron chi connectivity index (χ2n) is 4.46. The minimum atomic E-state index is 0.487. The number of nitrogens with one attached hydrogen (secondary N) is 1. The minimum Gasteiger partial charge on any atom is -0.357 e. The molecule has 102 valence electrons. The molecule has 1 rings (SSSR count). The van der Waals surface area contributed by atoms with Crippen LogP contribution in [0.2, 0.25) is 0 Å². The number of aromatic nitrogens is 2. The Labute approximate surface area is 115 Å². The van der Waals surface area contributed by atoms with Crippen LogP contribution in [-0.4, -0.2) is 41.6 Å². The highest BCUT2D eigenvalue weighted by Crippen LogP contribution is 2.17. The summed E-state index contributed by atoms with van der Waals surface area (Å²) in [6.07, 6.45) is 3.31. The molecular weight excluding hydrogens is 244 g/mol. The molecule has 1 N–H and O–H groups in total. The Balaban J connectivity index is 2.80. The minimum absolute atomic E-state index is 0.487. The summed E-state index contributed by atoms with van der Waals surface area (Å²) in [6.45, 7) is 7.14. The quantitative estimate of drug-likeness (QED) is 0.823. The van der Waals surface area contributed by atoms with E-state index >= 15 is 0 Å². The van der Waals surface area contributed by atoms with Crippen LogP contribution in [0.3, 0.4) is 0 Å². The standard InChI is InChI=1S/C13H24N4S/c1-6-14-13-15-10(2)9-12(16-13)17(4)11(3)7-8-18-5/h9,11H,6-8H2,1-5H3,(H,14,15,16). The summed E-state index contributed by atoms with van der Waals surface area (Å²) in [5, 5.41) is 3.17. The predicted molar refractivity (Wildman–Crippen MR) is 81.8 cm³/mol. The maximum Gasteiger partial charge on any atom is 0.224 e. The Morgan fingerprint density at radius 2 is 2.17 bits per heavy atom. The lowest BCUT2D eigenvalue weighted by Gasteiger charge is -2.26. The second-order valence-corrected chi connectivity index (χ2v) is 5.45. The highest BCUT2D eigenvalue weighted by molar-refractivity contribution is 7.98. The van der Waals surface area contributed by atoms with Gasteiger partial charge < -0.3 is 10.2 Å². The maximum atomic E-state index is 4.55. The van der Waals surface area contributed by atoms with Gasteiger partial charge in [0.2, 0.25) is 5.95 Å². The Morgan fingerprint density at radius 3 is 2.78 bits per heavy atom. The molecule has 0 saturated heterocycles. The van der Waals surface area contributed by atoms with Crippen LogP contribution in [-0.2, 0) is 0 Å². The zero-order valence-electron chi connectivity index (χ0n) is 12.0. The van der Waals surface area contributed by atoms with Gasteiger partial charge in [0.15, 0.2) is 0 Å². The average Bonchev–Trinajstić information content (AvgIpc) is 2.34. The molecule has 1 aromatic rings. The van der Waals surface area contributed by atoms with E-state index in [1.165, 1.54) is 5.75 Å². The number of hydrogen-bond donors (Lipinski definition) is 1. The van der Waals surface area contributed by atoms with Gasteiger partial charge >= 0.3 is 0 Å². The van der Waals surface area contributed by atoms with Crippen molar-refractivity contribution in [2.24, 2.45) is 0 Å². The highest BCUT2D eigenvalue weighted by atomic mass is 32.2. The highest BCUT2D eigenvalue weighted by Gasteiger charge is 2.12. The summed E-state index contributed by atoms with van der Waals surface area (Å²) in [4.78, 5) is 11.2. The van der Waals surface area contributed by atoms with Crippen LogP contribution < -0.4 is 10.2 Å². The molecule has 1 aromatic heterocycles. The first-order valence-electron chi connectivity index (χ1n) is 6.39. The van der Waals surface area contributed by atoms with Gasteiger partial charge in [0.1, 0.15) is 5.82 Å². The summed E-state index contributed by atoms with van der Waals surface area (Å²) in [6, 6.07) is 2.53. The molecule has 0 fully saturated rings. The van der Waals surface area contributed by atoms with E-state index in [1.807, 2.05) is 24.8 Å². The largest absolute Gasteiger partial charge is 0.357 e. The molecule has 0 spiro atoms.